The summed E-state index contributed by atoms with van der Waals surface area (Å²) >= 11 is 11.9. The Kier molecular flexibility index (Phi) is 5.87. The second-order valence-electron chi connectivity index (χ2n) is 4.95. The quantitative estimate of drug-likeness (QED) is 0.831. The summed E-state index contributed by atoms with van der Waals surface area (Å²) in [5, 5.41) is 0.955. The van der Waals surface area contributed by atoms with Crippen molar-refractivity contribution in [2.24, 2.45) is 0 Å². The zero-order chi connectivity index (χ0) is 16.2. The monoisotopic (exact) mass is 357 g/mol. The number of halogens is 2. The molecule has 0 fully saturated rings. The molecule has 0 saturated carbocycles. The van der Waals surface area contributed by atoms with Gasteiger partial charge < -0.3 is 0 Å². The molecule has 1 N–H and O–H groups in total. The standard InChI is InChI=1S/C16H17Cl2NO2S/c1-2-3-12-4-8-15(9-5-12)22(20,21)19-11-13-6-7-14(17)10-16(13)18/h4-10,19H,2-3,11H2,1H3. The van der Waals surface area contributed by atoms with Crippen LogP contribution in [-0.2, 0) is 23.0 Å². The summed E-state index contributed by atoms with van der Waals surface area (Å²) in [5.41, 5.74) is 1.81. The smallest absolute Gasteiger partial charge is 0.207 e. The summed E-state index contributed by atoms with van der Waals surface area (Å²) < 4.78 is 27.1. The van der Waals surface area contributed by atoms with Gasteiger partial charge in [-0.2, -0.15) is 0 Å². The third-order valence-electron chi connectivity index (χ3n) is 3.24. The van der Waals surface area contributed by atoms with Crippen LogP contribution in [0.15, 0.2) is 47.4 Å². The SMILES string of the molecule is CCCc1ccc(S(=O)(=O)NCc2ccc(Cl)cc2Cl)cc1. The normalized spacial score (nSPS) is 11.6. The fourth-order valence-electron chi connectivity index (χ4n) is 2.05. The van der Waals surface area contributed by atoms with Gasteiger partial charge >= 0.3 is 0 Å². The first kappa shape index (κ1) is 17.3. The predicted octanol–water partition coefficient (Wildman–Crippen LogP) is 4.42. The van der Waals surface area contributed by atoms with E-state index < -0.39 is 10.0 Å². The molecule has 3 nitrogen and oxygen atoms in total. The zero-order valence-electron chi connectivity index (χ0n) is 12.1. The molecule has 0 heterocycles. The van der Waals surface area contributed by atoms with Gasteiger partial charge in [0, 0.05) is 16.6 Å². The molecule has 0 aliphatic heterocycles. The number of rotatable bonds is 6. The minimum Gasteiger partial charge on any atom is -0.207 e. The van der Waals surface area contributed by atoms with Gasteiger partial charge in [-0.15, -0.1) is 0 Å². The lowest BCUT2D eigenvalue weighted by Crippen LogP contribution is -2.23. The molecular formula is C16H17Cl2NO2S. The Hall–Kier alpha value is -1.07. The van der Waals surface area contributed by atoms with Crippen LogP contribution in [-0.4, -0.2) is 8.42 Å². The molecule has 0 unspecified atom stereocenters. The van der Waals surface area contributed by atoms with Crippen molar-refractivity contribution < 1.29 is 8.42 Å². The molecule has 118 valence electrons. The number of benzene rings is 2. The summed E-state index contributed by atoms with van der Waals surface area (Å²) in [6.07, 6.45) is 1.97. The first-order valence-electron chi connectivity index (χ1n) is 6.95. The lowest BCUT2D eigenvalue weighted by molar-refractivity contribution is 0.581. The second-order valence-corrected chi connectivity index (χ2v) is 7.56. The third kappa shape index (κ3) is 4.46. The van der Waals surface area contributed by atoms with Crippen molar-refractivity contribution in [1.82, 2.24) is 4.72 Å². The van der Waals surface area contributed by atoms with Crippen LogP contribution in [0.3, 0.4) is 0 Å². The number of nitrogens with one attached hydrogen (secondary N) is 1. The minimum atomic E-state index is -3.56. The summed E-state index contributed by atoms with van der Waals surface area (Å²) in [7, 11) is -3.56. The van der Waals surface area contributed by atoms with Gasteiger partial charge in [0.25, 0.3) is 0 Å². The molecule has 2 rings (SSSR count). The molecular weight excluding hydrogens is 341 g/mol. The van der Waals surface area contributed by atoms with Crippen LogP contribution < -0.4 is 4.72 Å². The fraction of sp³-hybridized carbons (Fsp3) is 0.250. The Balaban J connectivity index is 2.10. The van der Waals surface area contributed by atoms with E-state index in [1.54, 1.807) is 30.3 Å². The van der Waals surface area contributed by atoms with E-state index in [-0.39, 0.29) is 11.4 Å². The summed E-state index contributed by atoms with van der Waals surface area (Å²) in [4.78, 5) is 0.248. The number of hydrogen-bond acceptors (Lipinski definition) is 2. The largest absolute Gasteiger partial charge is 0.240 e. The summed E-state index contributed by atoms with van der Waals surface area (Å²) in [5.74, 6) is 0. The fourth-order valence-corrected chi connectivity index (χ4v) is 3.53. The van der Waals surface area contributed by atoms with E-state index in [1.807, 2.05) is 12.1 Å². The van der Waals surface area contributed by atoms with Crippen LogP contribution in [0.25, 0.3) is 0 Å². The van der Waals surface area contributed by atoms with Gasteiger partial charge in [0.15, 0.2) is 0 Å². The van der Waals surface area contributed by atoms with Crippen LogP contribution in [0.5, 0.6) is 0 Å². The Labute approximate surface area is 141 Å². The van der Waals surface area contributed by atoms with Gasteiger partial charge in [0.1, 0.15) is 0 Å². The second kappa shape index (κ2) is 7.47. The third-order valence-corrected chi connectivity index (χ3v) is 5.24. The van der Waals surface area contributed by atoms with Crippen molar-refractivity contribution in [2.75, 3.05) is 0 Å². The van der Waals surface area contributed by atoms with Gasteiger partial charge in [-0.3, -0.25) is 0 Å². The van der Waals surface area contributed by atoms with Gasteiger partial charge in [-0.05, 0) is 41.8 Å². The van der Waals surface area contributed by atoms with Gasteiger partial charge in [-0.25, -0.2) is 13.1 Å². The van der Waals surface area contributed by atoms with E-state index in [4.69, 9.17) is 23.2 Å². The van der Waals surface area contributed by atoms with E-state index >= 15 is 0 Å². The molecule has 0 bridgehead atoms. The lowest BCUT2D eigenvalue weighted by Gasteiger charge is -2.09. The van der Waals surface area contributed by atoms with Crippen molar-refractivity contribution >= 4 is 33.2 Å². The first-order valence-corrected chi connectivity index (χ1v) is 9.19. The maximum atomic E-state index is 12.3. The highest BCUT2D eigenvalue weighted by Crippen LogP contribution is 2.21. The van der Waals surface area contributed by atoms with Crippen LogP contribution in [0, 0.1) is 0 Å². The average molecular weight is 358 g/mol. The predicted molar refractivity (Wildman–Crippen MR) is 90.9 cm³/mol. The van der Waals surface area contributed by atoms with E-state index in [0.29, 0.717) is 15.6 Å². The average Bonchev–Trinajstić information content (AvgIpc) is 2.47. The van der Waals surface area contributed by atoms with Gasteiger partial charge in [0.05, 0.1) is 4.90 Å². The van der Waals surface area contributed by atoms with E-state index in [1.165, 1.54) is 0 Å². The molecule has 0 atom stereocenters. The summed E-state index contributed by atoms with van der Waals surface area (Å²) in [6.45, 7) is 2.21. The molecule has 2 aromatic rings. The van der Waals surface area contributed by atoms with Crippen LogP contribution in [0.4, 0.5) is 0 Å². The lowest BCUT2D eigenvalue weighted by atomic mass is 10.1. The molecule has 0 aromatic heterocycles. The van der Waals surface area contributed by atoms with Crippen LogP contribution in [0.1, 0.15) is 24.5 Å². The molecule has 22 heavy (non-hydrogen) atoms. The maximum Gasteiger partial charge on any atom is 0.240 e. The molecule has 0 saturated heterocycles. The van der Waals surface area contributed by atoms with E-state index in [0.717, 1.165) is 18.4 Å². The molecule has 2 aromatic carbocycles. The van der Waals surface area contributed by atoms with Crippen LogP contribution >= 0.6 is 23.2 Å². The van der Waals surface area contributed by atoms with Crippen molar-refractivity contribution in [1.29, 1.82) is 0 Å². The van der Waals surface area contributed by atoms with Crippen molar-refractivity contribution in [2.45, 2.75) is 31.2 Å². The van der Waals surface area contributed by atoms with Crippen molar-refractivity contribution in [3.8, 4) is 0 Å². The number of hydrogen-bond donors (Lipinski definition) is 1. The van der Waals surface area contributed by atoms with E-state index in [2.05, 4.69) is 11.6 Å². The summed E-state index contributed by atoms with van der Waals surface area (Å²) in [6, 6.07) is 11.9. The molecule has 0 spiro atoms. The van der Waals surface area contributed by atoms with Crippen molar-refractivity contribution in [3.63, 3.8) is 0 Å². The Morgan fingerprint density at radius 1 is 1.05 bits per heavy atom. The zero-order valence-corrected chi connectivity index (χ0v) is 14.5. The highest BCUT2D eigenvalue weighted by atomic mass is 35.5. The molecule has 0 radical (unpaired) electrons. The molecule has 0 aliphatic rings. The maximum absolute atomic E-state index is 12.3. The minimum absolute atomic E-state index is 0.120. The molecule has 6 heteroatoms. The molecule has 0 amide bonds. The van der Waals surface area contributed by atoms with Crippen molar-refractivity contribution in [3.05, 3.63) is 63.6 Å². The van der Waals surface area contributed by atoms with Gasteiger partial charge in [-0.1, -0.05) is 54.7 Å². The Morgan fingerprint density at radius 2 is 1.73 bits per heavy atom. The Morgan fingerprint density at radius 3 is 2.32 bits per heavy atom. The molecule has 0 aliphatic carbocycles. The highest BCUT2D eigenvalue weighted by molar-refractivity contribution is 7.89. The highest BCUT2D eigenvalue weighted by Gasteiger charge is 2.14. The van der Waals surface area contributed by atoms with E-state index in [9.17, 15) is 8.42 Å². The Bertz CT molecular complexity index is 743. The first-order chi connectivity index (χ1) is 10.4. The topological polar surface area (TPSA) is 46.2 Å². The number of aryl methyl sites for hydroxylation is 1. The van der Waals surface area contributed by atoms with Crippen LogP contribution in [0.2, 0.25) is 10.0 Å². The number of sulfonamides is 1. The van der Waals surface area contributed by atoms with Gasteiger partial charge in [0.2, 0.25) is 10.0 Å².